The highest BCUT2D eigenvalue weighted by molar-refractivity contribution is 5.88. The third-order valence-electron chi connectivity index (χ3n) is 6.35. The van der Waals surface area contributed by atoms with Crippen LogP contribution >= 0.6 is 0 Å². The van der Waals surface area contributed by atoms with Gasteiger partial charge in [0.05, 0.1) is 17.9 Å². The topological polar surface area (TPSA) is 71.2 Å². The van der Waals surface area contributed by atoms with Crippen molar-refractivity contribution in [3.8, 4) is 45.4 Å². The minimum absolute atomic E-state index is 0.159. The van der Waals surface area contributed by atoms with Crippen LogP contribution in [-0.4, -0.2) is 24.7 Å². The Labute approximate surface area is 208 Å². The maximum Gasteiger partial charge on any atom is 0.141 e. The summed E-state index contributed by atoms with van der Waals surface area (Å²) in [5, 5.41) is 21.2. The molecule has 6 aromatic rings. The fourth-order valence-corrected chi connectivity index (χ4v) is 4.65. The number of imidazole rings is 1. The molecule has 174 valence electrons. The number of hydrogen-bond acceptors (Lipinski definition) is 4. The van der Waals surface area contributed by atoms with E-state index in [2.05, 4.69) is 33.8 Å². The Kier molecular flexibility index (Phi) is 5.43. The Hall–Kier alpha value is -4.90. The molecular formula is C31H23N3O2. The summed E-state index contributed by atoms with van der Waals surface area (Å²) >= 11 is 0. The van der Waals surface area contributed by atoms with Gasteiger partial charge in [0, 0.05) is 28.3 Å². The summed E-state index contributed by atoms with van der Waals surface area (Å²) in [5.74, 6) is 1.16. The van der Waals surface area contributed by atoms with Crippen LogP contribution in [-0.2, 0) is 6.54 Å². The normalized spacial score (nSPS) is 11.1. The maximum absolute atomic E-state index is 10.4. The van der Waals surface area contributed by atoms with Gasteiger partial charge >= 0.3 is 0 Å². The van der Waals surface area contributed by atoms with Crippen molar-refractivity contribution in [1.82, 2.24) is 14.5 Å². The van der Waals surface area contributed by atoms with E-state index in [-0.39, 0.29) is 11.5 Å². The molecule has 0 saturated heterocycles. The highest BCUT2D eigenvalue weighted by atomic mass is 16.3. The molecule has 4 aromatic carbocycles. The number of aromatic nitrogens is 3. The predicted octanol–water partition coefficient (Wildman–Crippen LogP) is 6.89. The van der Waals surface area contributed by atoms with Crippen LogP contribution in [0, 0.1) is 0 Å². The number of hydrogen-bond donors (Lipinski definition) is 2. The summed E-state index contributed by atoms with van der Waals surface area (Å²) in [6.45, 7) is 0.517. The Morgan fingerprint density at radius 2 is 1.33 bits per heavy atom. The number of pyridine rings is 1. The van der Waals surface area contributed by atoms with Crippen molar-refractivity contribution in [2.45, 2.75) is 6.54 Å². The third kappa shape index (κ3) is 3.87. The van der Waals surface area contributed by atoms with Crippen molar-refractivity contribution in [1.29, 1.82) is 0 Å². The number of nitrogens with zero attached hydrogens (tertiary/aromatic N) is 3. The van der Waals surface area contributed by atoms with E-state index >= 15 is 0 Å². The number of benzene rings is 4. The molecule has 5 nitrogen and oxygen atoms in total. The van der Waals surface area contributed by atoms with Crippen LogP contribution < -0.4 is 0 Å². The molecule has 0 unspecified atom stereocenters. The smallest absolute Gasteiger partial charge is 0.141 e. The van der Waals surface area contributed by atoms with E-state index in [1.165, 1.54) is 0 Å². The summed E-state index contributed by atoms with van der Waals surface area (Å²) in [5.41, 5.74) is 6.44. The molecule has 6 rings (SSSR count). The Balaban J connectivity index is 1.65. The first-order valence-corrected chi connectivity index (χ1v) is 11.8. The molecular weight excluding hydrogens is 446 g/mol. The van der Waals surface area contributed by atoms with Gasteiger partial charge in [-0.05, 0) is 42.0 Å². The lowest BCUT2D eigenvalue weighted by atomic mass is 10.0. The molecule has 0 aliphatic heterocycles. The van der Waals surface area contributed by atoms with Crippen molar-refractivity contribution >= 4 is 10.9 Å². The van der Waals surface area contributed by atoms with Crippen molar-refractivity contribution in [3.05, 3.63) is 121 Å². The molecule has 0 aliphatic carbocycles. The van der Waals surface area contributed by atoms with Crippen molar-refractivity contribution in [2.24, 2.45) is 0 Å². The number of phenols is 2. The van der Waals surface area contributed by atoms with Gasteiger partial charge in [-0.1, -0.05) is 72.8 Å². The van der Waals surface area contributed by atoms with Crippen LogP contribution in [0.2, 0.25) is 0 Å². The largest absolute Gasteiger partial charge is 0.508 e. The van der Waals surface area contributed by atoms with Gasteiger partial charge in [0.1, 0.15) is 22.8 Å². The molecule has 36 heavy (non-hydrogen) atoms. The lowest BCUT2D eigenvalue weighted by Gasteiger charge is -2.15. The highest BCUT2D eigenvalue weighted by Gasteiger charge is 2.22. The summed E-state index contributed by atoms with van der Waals surface area (Å²) in [4.78, 5) is 9.57. The monoisotopic (exact) mass is 469 g/mol. The second-order valence-corrected chi connectivity index (χ2v) is 8.64. The average molecular weight is 470 g/mol. The van der Waals surface area contributed by atoms with Gasteiger partial charge < -0.3 is 14.8 Å². The first-order valence-electron chi connectivity index (χ1n) is 11.8. The number of fused-ring (bicyclic) bond motifs is 1. The fraction of sp³-hybridized carbons (Fsp3) is 0.0323. The zero-order chi connectivity index (χ0) is 24.5. The zero-order valence-corrected chi connectivity index (χ0v) is 19.4. The summed E-state index contributed by atoms with van der Waals surface area (Å²) < 4.78 is 2.21. The molecule has 0 amide bonds. The van der Waals surface area contributed by atoms with Gasteiger partial charge in [-0.3, -0.25) is 4.98 Å². The van der Waals surface area contributed by atoms with Gasteiger partial charge in [-0.25, -0.2) is 4.98 Å². The van der Waals surface area contributed by atoms with Crippen LogP contribution in [0.25, 0.3) is 44.8 Å². The van der Waals surface area contributed by atoms with E-state index < -0.39 is 0 Å². The highest BCUT2D eigenvalue weighted by Crippen LogP contribution is 2.38. The molecule has 5 heteroatoms. The molecule has 0 aliphatic rings. The van der Waals surface area contributed by atoms with Crippen molar-refractivity contribution < 1.29 is 10.2 Å². The standard InChI is InChI=1S/C31H23N3O2/c35-25-16-13-23(14-17-25)31-33-28(21-8-3-1-4-9-21)30(22-10-5-2-6-11-22)34(31)20-24-15-18-27(36)29-26(24)12-7-19-32-29/h1-19,35-36H,20H2. The lowest BCUT2D eigenvalue weighted by molar-refractivity contribution is 0.475. The van der Waals surface area contributed by atoms with Gasteiger partial charge in [-0.15, -0.1) is 0 Å². The van der Waals surface area contributed by atoms with Gasteiger partial charge in [0.25, 0.3) is 0 Å². The SMILES string of the molecule is Oc1ccc(-c2nc(-c3ccccc3)c(-c3ccccc3)n2Cc2ccc(O)c3ncccc23)cc1. The van der Waals surface area contributed by atoms with E-state index in [1.807, 2.05) is 66.7 Å². The Bertz CT molecular complexity index is 1660. The molecule has 0 fully saturated rings. The molecule has 2 N–H and O–H groups in total. The van der Waals surface area contributed by atoms with Gasteiger partial charge in [0.2, 0.25) is 0 Å². The molecule has 2 heterocycles. The quantitative estimate of drug-likeness (QED) is 0.288. The Morgan fingerprint density at radius 1 is 0.639 bits per heavy atom. The number of phenolic OH excluding ortho intramolecular Hbond substituents is 2. The summed E-state index contributed by atoms with van der Waals surface area (Å²) in [6, 6.07) is 35.0. The molecule has 0 bridgehead atoms. The van der Waals surface area contributed by atoms with E-state index in [9.17, 15) is 10.2 Å². The predicted molar refractivity (Wildman–Crippen MR) is 143 cm³/mol. The minimum Gasteiger partial charge on any atom is -0.508 e. The minimum atomic E-state index is 0.159. The van der Waals surface area contributed by atoms with Crippen LogP contribution in [0.15, 0.2) is 115 Å². The van der Waals surface area contributed by atoms with Crippen molar-refractivity contribution in [3.63, 3.8) is 0 Å². The summed E-state index contributed by atoms with van der Waals surface area (Å²) in [7, 11) is 0. The lowest BCUT2D eigenvalue weighted by Crippen LogP contribution is -2.05. The van der Waals surface area contributed by atoms with Crippen LogP contribution in [0.1, 0.15) is 5.56 Å². The average Bonchev–Trinajstić information content (AvgIpc) is 3.31. The molecule has 2 aromatic heterocycles. The van der Waals surface area contributed by atoms with Crippen LogP contribution in [0.3, 0.4) is 0 Å². The zero-order valence-electron chi connectivity index (χ0n) is 19.4. The fourth-order valence-electron chi connectivity index (χ4n) is 4.65. The van der Waals surface area contributed by atoms with E-state index in [4.69, 9.17) is 4.98 Å². The van der Waals surface area contributed by atoms with E-state index in [1.54, 1.807) is 24.4 Å². The first kappa shape index (κ1) is 21.6. The molecule has 0 spiro atoms. The second kappa shape index (κ2) is 9.04. The molecule has 0 saturated carbocycles. The third-order valence-corrected chi connectivity index (χ3v) is 6.35. The summed E-state index contributed by atoms with van der Waals surface area (Å²) in [6.07, 6.45) is 1.69. The molecule has 0 radical (unpaired) electrons. The van der Waals surface area contributed by atoms with Crippen LogP contribution in [0.5, 0.6) is 11.5 Å². The van der Waals surface area contributed by atoms with E-state index in [0.29, 0.717) is 12.1 Å². The van der Waals surface area contributed by atoms with Crippen molar-refractivity contribution in [2.75, 3.05) is 0 Å². The van der Waals surface area contributed by atoms with Gasteiger partial charge in [0.15, 0.2) is 0 Å². The molecule has 0 atom stereocenters. The second-order valence-electron chi connectivity index (χ2n) is 8.64. The number of rotatable bonds is 5. The van der Waals surface area contributed by atoms with Gasteiger partial charge in [-0.2, -0.15) is 0 Å². The maximum atomic E-state index is 10.4. The first-order chi connectivity index (χ1) is 17.7. The number of aromatic hydroxyl groups is 2. The van der Waals surface area contributed by atoms with E-state index in [0.717, 1.165) is 44.9 Å². The Morgan fingerprint density at radius 3 is 2.06 bits per heavy atom. The van der Waals surface area contributed by atoms with Crippen LogP contribution in [0.4, 0.5) is 0 Å².